The van der Waals surface area contributed by atoms with Gasteiger partial charge in [-0.1, -0.05) is 29.8 Å². The largest absolute Gasteiger partial charge is 0.496 e. The molecule has 4 nitrogen and oxygen atoms in total. The molecule has 2 aromatic carbocycles. The fourth-order valence-corrected chi connectivity index (χ4v) is 2.66. The zero-order valence-electron chi connectivity index (χ0n) is 12.4. The van der Waals surface area contributed by atoms with E-state index in [0.717, 1.165) is 22.0 Å². The van der Waals surface area contributed by atoms with Crippen LogP contribution in [0.3, 0.4) is 0 Å². The van der Waals surface area contributed by atoms with Crippen molar-refractivity contribution in [3.8, 4) is 5.75 Å². The van der Waals surface area contributed by atoms with E-state index in [-0.39, 0.29) is 0 Å². The highest BCUT2D eigenvalue weighted by atomic mass is 16.5. The van der Waals surface area contributed by atoms with Crippen LogP contribution in [0.2, 0.25) is 0 Å². The molecule has 4 heteroatoms. The molecule has 0 amide bonds. The van der Waals surface area contributed by atoms with Crippen molar-refractivity contribution in [3.63, 3.8) is 0 Å². The second-order valence-electron chi connectivity index (χ2n) is 5.17. The van der Waals surface area contributed by atoms with Crippen LogP contribution in [0, 0.1) is 6.92 Å². The second kappa shape index (κ2) is 5.22. The second-order valence-corrected chi connectivity index (χ2v) is 5.17. The minimum Gasteiger partial charge on any atom is -0.496 e. The van der Waals surface area contributed by atoms with Gasteiger partial charge in [0.1, 0.15) is 17.5 Å². The van der Waals surface area contributed by atoms with Crippen LogP contribution >= 0.6 is 0 Å². The molecule has 0 radical (unpaired) electrons. The first-order valence-electron chi connectivity index (χ1n) is 6.86. The summed E-state index contributed by atoms with van der Waals surface area (Å²) in [5, 5.41) is 16.2. The van der Waals surface area contributed by atoms with Crippen LogP contribution in [-0.4, -0.2) is 22.0 Å². The third kappa shape index (κ3) is 2.28. The maximum atomic E-state index is 10.8. The Kier molecular flexibility index (Phi) is 3.39. The molecule has 21 heavy (non-hydrogen) atoms. The number of aromatic nitrogens is 2. The summed E-state index contributed by atoms with van der Waals surface area (Å²) in [4.78, 5) is 0. The zero-order valence-corrected chi connectivity index (χ0v) is 12.4. The number of hydrogen-bond acceptors (Lipinski definition) is 3. The zero-order chi connectivity index (χ0) is 15.0. The maximum Gasteiger partial charge on any atom is 0.127 e. The summed E-state index contributed by atoms with van der Waals surface area (Å²) in [5.74, 6) is 0.669. The summed E-state index contributed by atoms with van der Waals surface area (Å²) in [6.07, 6.45) is -0.814. The number of aryl methyl sites for hydroxylation is 2. The van der Waals surface area contributed by atoms with E-state index in [9.17, 15) is 5.11 Å². The molecule has 0 saturated carbocycles. The lowest BCUT2D eigenvalue weighted by atomic mass is 10.0. The van der Waals surface area contributed by atoms with Gasteiger partial charge in [-0.05, 0) is 25.1 Å². The molecular weight excluding hydrogens is 264 g/mol. The summed E-state index contributed by atoms with van der Waals surface area (Å²) >= 11 is 0. The minimum atomic E-state index is -0.814. The van der Waals surface area contributed by atoms with Crippen LogP contribution in [0.25, 0.3) is 10.9 Å². The van der Waals surface area contributed by atoms with Gasteiger partial charge in [-0.25, -0.2) is 0 Å². The third-order valence-electron chi connectivity index (χ3n) is 3.73. The molecule has 0 spiro atoms. The number of methoxy groups -OCH3 is 1. The molecule has 1 unspecified atom stereocenters. The topological polar surface area (TPSA) is 47.3 Å². The number of hydrogen-bond donors (Lipinski definition) is 1. The molecule has 0 bridgehead atoms. The van der Waals surface area contributed by atoms with Gasteiger partial charge in [-0.3, -0.25) is 4.68 Å². The van der Waals surface area contributed by atoms with E-state index < -0.39 is 6.10 Å². The molecule has 0 saturated heterocycles. The van der Waals surface area contributed by atoms with E-state index in [0.29, 0.717) is 11.4 Å². The van der Waals surface area contributed by atoms with Gasteiger partial charge >= 0.3 is 0 Å². The first-order valence-corrected chi connectivity index (χ1v) is 6.86. The Hall–Kier alpha value is -2.33. The van der Waals surface area contributed by atoms with Crippen molar-refractivity contribution in [3.05, 3.63) is 59.3 Å². The van der Waals surface area contributed by atoms with Gasteiger partial charge in [-0.15, -0.1) is 0 Å². The lowest BCUT2D eigenvalue weighted by molar-refractivity contribution is 0.210. The van der Waals surface area contributed by atoms with E-state index in [1.807, 2.05) is 56.4 Å². The highest BCUT2D eigenvalue weighted by Crippen LogP contribution is 2.33. The highest BCUT2D eigenvalue weighted by molar-refractivity contribution is 5.82. The summed E-state index contributed by atoms with van der Waals surface area (Å²) < 4.78 is 7.16. The summed E-state index contributed by atoms with van der Waals surface area (Å²) in [7, 11) is 3.49. The number of nitrogens with zero attached hydrogens (tertiary/aromatic N) is 2. The Balaban J connectivity index is 2.17. The summed E-state index contributed by atoms with van der Waals surface area (Å²) in [6, 6.07) is 13.7. The molecule has 3 aromatic rings. The van der Waals surface area contributed by atoms with E-state index in [2.05, 4.69) is 5.10 Å². The Labute approximate surface area is 123 Å². The normalized spacial score (nSPS) is 12.6. The number of para-hydroxylation sites is 1. The van der Waals surface area contributed by atoms with Crippen LogP contribution in [0.15, 0.2) is 42.5 Å². The van der Waals surface area contributed by atoms with Gasteiger partial charge in [0.05, 0.1) is 12.6 Å². The molecule has 0 fully saturated rings. The fraction of sp³-hybridized carbons (Fsp3) is 0.235. The Bertz CT molecular complexity index is 793. The fourth-order valence-electron chi connectivity index (χ4n) is 2.66. The van der Waals surface area contributed by atoms with Gasteiger partial charge < -0.3 is 9.84 Å². The Morgan fingerprint density at radius 1 is 1.19 bits per heavy atom. The van der Waals surface area contributed by atoms with Crippen LogP contribution < -0.4 is 4.74 Å². The number of benzene rings is 2. The Morgan fingerprint density at radius 2 is 1.95 bits per heavy atom. The quantitative estimate of drug-likeness (QED) is 0.803. The average Bonchev–Trinajstić information content (AvgIpc) is 2.84. The standard InChI is InChI=1S/C17H18N2O2/c1-11-8-9-15(21-3)13(10-11)17(20)16-12-6-4-5-7-14(12)19(2)18-16/h4-10,17,20H,1-3H3. The van der Waals surface area contributed by atoms with Crippen LogP contribution in [0.4, 0.5) is 0 Å². The predicted molar refractivity (Wildman–Crippen MR) is 82.5 cm³/mol. The smallest absolute Gasteiger partial charge is 0.127 e. The highest BCUT2D eigenvalue weighted by Gasteiger charge is 2.21. The number of aliphatic hydroxyl groups excluding tert-OH is 1. The van der Waals surface area contributed by atoms with Crippen molar-refractivity contribution in [2.24, 2.45) is 7.05 Å². The molecule has 3 rings (SSSR count). The van der Waals surface area contributed by atoms with Gasteiger partial charge in [0.15, 0.2) is 0 Å². The first-order chi connectivity index (χ1) is 10.1. The van der Waals surface area contributed by atoms with Crippen molar-refractivity contribution < 1.29 is 9.84 Å². The van der Waals surface area contributed by atoms with Crippen LogP contribution in [-0.2, 0) is 7.05 Å². The molecule has 1 N–H and O–H groups in total. The number of rotatable bonds is 3. The first kappa shape index (κ1) is 13.6. The van der Waals surface area contributed by atoms with Gasteiger partial charge in [-0.2, -0.15) is 5.10 Å². The SMILES string of the molecule is COc1ccc(C)cc1C(O)c1nn(C)c2ccccc12. The molecule has 0 aliphatic heterocycles. The lowest BCUT2D eigenvalue weighted by Crippen LogP contribution is -2.05. The molecule has 1 aromatic heterocycles. The van der Waals surface area contributed by atoms with E-state index in [4.69, 9.17) is 4.74 Å². The van der Waals surface area contributed by atoms with Crippen molar-refractivity contribution in [2.75, 3.05) is 7.11 Å². The van der Waals surface area contributed by atoms with Crippen molar-refractivity contribution in [1.29, 1.82) is 0 Å². The third-order valence-corrected chi connectivity index (χ3v) is 3.73. The van der Waals surface area contributed by atoms with E-state index in [1.54, 1.807) is 11.8 Å². The molecule has 0 aliphatic rings. The van der Waals surface area contributed by atoms with Crippen molar-refractivity contribution in [2.45, 2.75) is 13.0 Å². The maximum absolute atomic E-state index is 10.8. The number of aliphatic hydroxyl groups is 1. The van der Waals surface area contributed by atoms with Gasteiger partial charge in [0.2, 0.25) is 0 Å². The predicted octanol–water partition coefficient (Wildman–Crippen LogP) is 2.97. The van der Waals surface area contributed by atoms with Gasteiger partial charge in [0.25, 0.3) is 0 Å². The summed E-state index contributed by atoms with van der Waals surface area (Å²) in [5.41, 5.74) is 3.46. The van der Waals surface area contributed by atoms with Gasteiger partial charge in [0, 0.05) is 18.0 Å². The molecule has 108 valence electrons. The molecule has 0 aliphatic carbocycles. The number of fused-ring (bicyclic) bond motifs is 1. The Morgan fingerprint density at radius 3 is 2.71 bits per heavy atom. The van der Waals surface area contributed by atoms with E-state index >= 15 is 0 Å². The van der Waals surface area contributed by atoms with E-state index in [1.165, 1.54) is 0 Å². The minimum absolute atomic E-state index is 0.650. The molecule has 1 atom stereocenters. The van der Waals surface area contributed by atoms with Crippen molar-refractivity contribution in [1.82, 2.24) is 9.78 Å². The summed E-state index contributed by atoms with van der Waals surface area (Å²) in [6.45, 7) is 1.99. The monoisotopic (exact) mass is 282 g/mol. The number of ether oxygens (including phenoxy) is 1. The van der Waals surface area contributed by atoms with Crippen LogP contribution in [0.5, 0.6) is 5.75 Å². The van der Waals surface area contributed by atoms with Crippen LogP contribution in [0.1, 0.15) is 22.9 Å². The molecular formula is C17H18N2O2. The average molecular weight is 282 g/mol. The molecule has 1 heterocycles. The van der Waals surface area contributed by atoms with Crippen molar-refractivity contribution >= 4 is 10.9 Å². The lowest BCUT2D eigenvalue weighted by Gasteiger charge is -2.14.